The van der Waals surface area contributed by atoms with Crippen LogP contribution in [0.1, 0.15) is 76.4 Å². The van der Waals surface area contributed by atoms with Crippen LogP contribution in [0.2, 0.25) is 0 Å². The third-order valence-corrected chi connectivity index (χ3v) is 6.98. The molecule has 0 unspecified atom stereocenters. The second kappa shape index (κ2) is 12.8. The van der Waals surface area contributed by atoms with Crippen LogP contribution in [0.3, 0.4) is 0 Å². The van der Waals surface area contributed by atoms with Crippen LogP contribution in [0.15, 0.2) is 39.7 Å². The van der Waals surface area contributed by atoms with E-state index in [4.69, 9.17) is 4.42 Å². The van der Waals surface area contributed by atoms with Crippen LogP contribution in [0.5, 0.6) is 0 Å². The fraction of sp³-hybridized carbons (Fsp3) is 0.500. The Morgan fingerprint density at radius 2 is 1.67 bits per heavy atom. The zero-order valence-corrected chi connectivity index (χ0v) is 26.4. The number of rotatable bonds is 10. The van der Waals surface area contributed by atoms with Gasteiger partial charge in [-0.3, -0.25) is 24.3 Å². The second-order valence-electron chi connectivity index (χ2n) is 12.4. The number of benzene rings is 1. The standard InChI is InChI=1S/C30H41N7O6/c1-17(2)22(23(39)24-34-35-27(43-24)30(6,7)18-11-13-19(14-12-18)36(8)9)33-21(38)16-37-25(40)20(32-28(41)42-10)15-31-26(37)29(3,4)5/h11-15,17,22H,16H2,1-10H3,(H,32,41)(H,33,38)/t22-/m0/s1. The Morgan fingerprint density at radius 1 is 1.05 bits per heavy atom. The van der Waals surface area contributed by atoms with E-state index in [-0.39, 0.29) is 23.4 Å². The molecule has 1 aromatic carbocycles. The lowest BCUT2D eigenvalue weighted by atomic mass is 9.84. The zero-order chi connectivity index (χ0) is 32.3. The molecule has 232 valence electrons. The summed E-state index contributed by atoms with van der Waals surface area (Å²) in [5, 5.41) is 13.2. The number of hydrogen-bond acceptors (Lipinski definition) is 10. The molecule has 3 aromatic rings. The van der Waals surface area contributed by atoms with Gasteiger partial charge in [0.1, 0.15) is 18.1 Å². The number of carbonyl (C=O) groups is 3. The molecule has 0 radical (unpaired) electrons. The predicted octanol–water partition coefficient (Wildman–Crippen LogP) is 3.52. The number of anilines is 2. The lowest BCUT2D eigenvalue weighted by molar-refractivity contribution is -0.122. The molecule has 1 atom stereocenters. The normalized spacial score (nSPS) is 12.5. The molecule has 0 aliphatic heterocycles. The third-order valence-electron chi connectivity index (χ3n) is 6.98. The Labute approximate surface area is 251 Å². The number of methoxy groups -OCH3 is 1. The summed E-state index contributed by atoms with van der Waals surface area (Å²) in [6.07, 6.45) is 0.372. The predicted molar refractivity (Wildman–Crippen MR) is 162 cm³/mol. The second-order valence-corrected chi connectivity index (χ2v) is 12.4. The molecule has 0 bridgehead atoms. The number of ketones is 1. The molecule has 2 amide bonds. The summed E-state index contributed by atoms with van der Waals surface area (Å²) < 4.78 is 11.6. The summed E-state index contributed by atoms with van der Waals surface area (Å²) in [4.78, 5) is 58.1. The summed E-state index contributed by atoms with van der Waals surface area (Å²) in [7, 11) is 5.08. The van der Waals surface area contributed by atoms with Crippen molar-refractivity contribution in [2.45, 2.75) is 71.9 Å². The quantitative estimate of drug-likeness (QED) is 0.332. The lowest BCUT2D eigenvalue weighted by Crippen LogP contribution is -2.47. The smallest absolute Gasteiger partial charge is 0.411 e. The molecule has 0 fully saturated rings. The number of aromatic nitrogens is 4. The average Bonchev–Trinajstić information content (AvgIpc) is 3.44. The Hall–Kier alpha value is -4.55. The third kappa shape index (κ3) is 7.46. The molecule has 0 aliphatic carbocycles. The van der Waals surface area contributed by atoms with Crippen molar-refractivity contribution in [3.8, 4) is 0 Å². The molecule has 43 heavy (non-hydrogen) atoms. The molecule has 13 nitrogen and oxygen atoms in total. The molecule has 0 saturated heterocycles. The fourth-order valence-electron chi connectivity index (χ4n) is 4.39. The van der Waals surface area contributed by atoms with Crippen molar-refractivity contribution in [1.29, 1.82) is 0 Å². The molecule has 0 spiro atoms. The van der Waals surface area contributed by atoms with Gasteiger partial charge in [0, 0.05) is 25.2 Å². The van der Waals surface area contributed by atoms with Gasteiger partial charge in [0.15, 0.2) is 0 Å². The van der Waals surface area contributed by atoms with Gasteiger partial charge in [-0.25, -0.2) is 9.78 Å². The molecular weight excluding hydrogens is 554 g/mol. The monoisotopic (exact) mass is 595 g/mol. The molecule has 0 saturated carbocycles. The lowest BCUT2D eigenvalue weighted by Gasteiger charge is -2.24. The van der Waals surface area contributed by atoms with E-state index in [0.29, 0.717) is 5.82 Å². The van der Waals surface area contributed by atoms with Crippen LogP contribution in [-0.2, 0) is 26.9 Å². The molecule has 3 rings (SSSR count). The Balaban J connectivity index is 1.86. The van der Waals surface area contributed by atoms with Crippen LogP contribution in [0.25, 0.3) is 0 Å². The molecule has 2 heterocycles. The number of ether oxygens (including phenoxy) is 1. The SMILES string of the molecule is COC(=O)Nc1cnc(C(C)(C)C)n(CC(=O)N[C@H](C(=O)c2nnc(C(C)(C)c3ccc(N(C)C)cc3)o2)C(C)C)c1=O. The van der Waals surface area contributed by atoms with Crippen molar-refractivity contribution in [2.24, 2.45) is 5.92 Å². The van der Waals surface area contributed by atoms with Crippen molar-refractivity contribution >= 4 is 29.2 Å². The Bertz CT molecular complexity index is 1530. The number of carbonyl (C=O) groups excluding carboxylic acids is 3. The maximum atomic E-state index is 13.5. The van der Waals surface area contributed by atoms with Gasteiger partial charge in [-0.1, -0.05) is 46.8 Å². The molecule has 2 aromatic heterocycles. The van der Waals surface area contributed by atoms with E-state index in [1.54, 1.807) is 13.8 Å². The zero-order valence-electron chi connectivity index (χ0n) is 26.4. The number of amides is 2. The van der Waals surface area contributed by atoms with Gasteiger partial charge >= 0.3 is 6.09 Å². The fourth-order valence-corrected chi connectivity index (χ4v) is 4.39. The van der Waals surface area contributed by atoms with Gasteiger partial charge in [0.05, 0.1) is 24.8 Å². The largest absolute Gasteiger partial charge is 0.453 e. The molecule has 2 N–H and O–H groups in total. The first-order chi connectivity index (χ1) is 20.0. The molecule has 0 aliphatic rings. The van der Waals surface area contributed by atoms with Crippen molar-refractivity contribution in [3.63, 3.8) is 0 Å². The minimum atomic E-state index is -1.01. The highest BCUT2D eigenvalue weighted by molar-refractivity contribution is 5.98. The first-order valence-corrected chi connectivity index (χ1v) is 13.9. The number of Topliss-reactive ketones (excluding diaryl/α,β-unsaturated/α-hetero) is 1. The van der Waals surface area contributed by atoms with Crippen LogP contribution in [0.4, 0.5) is 16.2 Å². The van der Waals surface area contributed by atoms with Gasteiger partial charge in [0.2, 0.25) is 17.6 Å². The first kappa shape index (κ1) is 33.0. The van der Waals surface area contributed by atoms with Crippen molar-refractivity contribution in [1.82, 2.24) is 25.1 Å². The summed E-state index contributed by atoms with van der Waals surface area (Å²) >= 11 is 0. The molecular formula is C30H41N7O6. The highest BCUT2D eigenvalue weighted by Crippen LogP contribution is 2.32. The van der Waals surface area contributed by atoms with Crippen LogP contribution in [-0.4, -0.2) is 64.8 Å². The first-order valence-electron chi connectivity index (χ1n) is 13.9. The van der Waals surface area contributed by atoms with Crippen molar-refractivity contribution in [2.75, 3.05) is 31.4 Å². The van der Waals surface area contributed by atoms with E-state index >= 15 is 0 Å². The minimum absolute atomic E-state index is 0.151. The summed E-state index contributed by atoms with van der Waals surface area (Å²) in [6, 6.07) is 6.89. The van der Waals surface area contributed by atoms with E-state index < -0.39 is 46.8 Å². The van der Waals surface area contributed by atoms with Gasteiger partial charge in [-0.05, 0) is 37.5 Å². The van der Waals surface area contributed by atoms with E-state index in [9.17, 15) is 19.2 Å². The van der Waals surface area contributed by atoms with Crippen molar-refractivity contribution < 1.29 is 23.5 Å². The van der Waals surface area contributed by atoms with Crippen LogP contribution < -0.4 is 21.1 Å². The highest BCUT2D eigenvalue weighted by atomic mass is 16.5. The number of nitrogens with one attached hydrogen (secondary N) is 2. The maximum Gasteiger partial charge on any atom is 0.411 e. The summed E-state index contributed by atoms with van der Waals surface area (Å²) in [5.41, 5.74) is -0.135. The average molecular weight is 596 g/mol. The summed E-state index contributed by atoms with van der Waals surface area (Å²) in [5.74, 6) is -1.17. The van der Waals surface area contributed by atoms with Gasteiger partial charge in [-0.2, -0.15) is 0 Å². The van der Waals surface area contributed by atoms with Gasteiger partial charge in [0.25, 0.3) is 11.4 Å². The maximum absolute atomic E-state index is 13.5. The topological polar surface area (TPSA) is 162 Å². The Kier molecular flexibility index (Phi) is 9.78. The van der Waals surface area contributed by atoms with Gasteiger partial charge in [-0.15, -0.1) is 10.2 Å². The summed E-state index contributed by atoms with van der Waals surface area (Å²) in [6.45, 7) is 12.4. The van der Waals surface area contributed by atoms with E-state index in [1.807, 2.05) is 77.9 Å². The van der Waals surface area contributed by atoms with E-state index in [2.05, 4.69) is 30.6 Å². The molecule has 13 heteroatoms. The van der Waals surface area contributed by atoms with E-state index in [1.165, 1.54) is 6.20 Å². The van der Waals surface area contributed by atoms with E-state index in [0.717, 1.165) is 22.9 Å². The number of hydrogen-bond donors (Lipinski definition) is 2. The van der Waals surface area contributed by atoms with Crippen LogP contribution >= 0.6 is 0 Å². The highest BCUT2D eigenvalue weighted by Gasteiger charge is 2.34. The van der Waals surface area contributed by atoms with Crippen molar-refractivity contribution in [3.05, 3.63) is 64.0 Å². The van der Waals surface area contributed by atoms with Crippen LogP contribution in [0, 0.1) is 5.92 Å². The number of nitrogens with zero attached hydrogens (tertiary/aromatic N) is 5. The van der Waals surface area contributed by atoms with Gasteiger partial charge < -0.3 is 19.4 Å². The Morgan fingerprint density at radius 3 is 2.21 bits per heavy atom. The minimum Gasteiger partial charge on any atom is -0.453 e.